The summed E-state index contributed by atoms with van der Waals surface area (Å²) in [6.07, 6.45) is 5.23. The van der Waals surface area contributed by atoms with E-state index in [9.17, 15) is 9.59 Å². The minimum atomic E-state index is -0.268. The number of carbonyl (C=O) groups excluding carboxylic acids is 2. The average Bonchev–Trinajstić information content (AvgIpc) is 3.47. The molecule has 1 N–H and O–H groups in total. The zero-order valence-electron chi connectivity index (χ0n) is 17.2. The summed E-state index contributed by atoms with van der Waals surface area (Å²) in [4.78, 5) is 27.2. The van der Waals surface area contributed by atoms with Crippen LogP contribution in [-0.4, -0.2) is 54.1 Å². The van der Waals surface area contributed by atoms with Crippen molar-refractivity contribution in [1.82, 2.24) is 35.0 Å². The predicted octanol–water partition coefficient (Wildman–Crippen LogP) is 1.55. The monoisotopic (exact) mass is 407 g/mol. The Morgan fingerprint density at radius 1 is 1.20 bits per heavy atom. The highest BCUT2D eigenvalue weighted by molar-refractivity contribution is 5.95. The van der Waals surface area contributed by atoms with Gasteiger partial charge in [0, 0.05) is 26.3 Å². The largest absolute Gasteiger partial charge is 0.347 e. The van der Waals surface area contributed by atoms with Crippen molar-refractivity contribution in [3.05, 3.63) is 65.2 Å². The van der Waals surface area contributed by atoms with E-state index in [0.29, 0.717) is 25.2 Å². The van der Waals surface area contributed by atoms with Crippen molar-refractivity contribution in [1.29, 1.82) is 0 Å². The normalized spacial score (nSPS) is 16.1. The highest BCUT2D eigenvalue weighted by Crippen LogP contribution is 2.22. The van der Waals surface area contributed by atoms with Crippen LogP contribution in [0.3, 0.4) is 0 Å². The van der Waals surface area contributed by atoms with Gasteiger partial charge in [0.1, 0.15) is 0 Å². The fourth-order valence-corrected chi connectivity index (χ4v) is 3.83. The van der Waals surface area contributed by atoms with Crippen LogP contribution in [-0.2, 0) is 20.1 Å². The Labute approximate surface area is 174 Å². The van der Waals surface area contributed by atoms with Crippen LogP contribution in [0.2, 0.25) is 0 Å². The van der Waals surface area contributed by atoms with Gasteiger partial charge in [-0.05, 0) is 25.3 Å². The quantitative estimate of drug-likeness (QED) is 0.669. The topological polar surface area (TPSA) is 97.9 Å². The molecular weight excluding hydrogens is 382 g/mol. The fourth-order valence-electron chi connectivity index (χ4n) is 3.83. The van der Waals surface area contributed by atoms with Crippen molar-refractivity contribution >= 4 is 11.8 Å². The number of hydrogen-bond donors (Lipinski definition) is 1. The first-order valence-corrected chi connectivity index (χ1v) is 10.0. The third-order valence-corrected chi connectivity index (χ3v) is 5.35. The van der Waals surface area contributed by atoms with Gasteiger partial charge in [-0.2, -0.15) is 5.10 Å². The summed E-state index contributed by atoms with van der Waals surface area (Å²) < 4.78 is 3.30. The van der Waals surface area contributed by atoms with Crippen molar-refractivity contribution in [2.45, 2.75) is 38.9 Å². The van der Waals surface area contributed by atoms with Crippen molar-refractivity contribution in [3.63, 3.8) is 0 Å². The van der Waals surface area contributed by atoms with Crippen LogP contribution >= 0.6 is 0 Å². The van der Waals surface area contributed by atoms with Crippen LogP contribution in [0.4, 0.5) is 0 Å². The van der Waals surface area contributed by atoms with Crippen LogP contribution < -0.4 is 5.32 Å². The minimum absolute atomic E-state index is 0.0101. The summed E-state index contributed by atoms with van der Waals surface area (Å²) in [6.45, 7) is 3.49. The summed E-state index contributed by atoms with van der Waals surface area (Å²) in [7, 11) is 1.81. The molecule has 156 valence electrons. The molecule has 1 atom stereocenters. The highest BCUT2D eigenvalue weighted by Gasteiger charge is 2.31. The molecular formula is C21H25N7O2. The molecule has 4 rings (SSSR count). The van der Waals surface area contributed by atoms with Crippen LogP contribution in [0, 0.1) is 6.92 Å². The highest BCUT2D eigenvalue weighted by atomic mass is 16.2. The summed E-state index contributed by atoms with van der Waals surface area (Å²) in [5.74, 6) is -0.278. The lowest BCUT2D eigenvalue weighted by Crippen LogP contribution is -2.38. The number of hydrogen-bond acceptors (Lipinski definition) is 5. The number of carbonyl (C=O) groups is 2. The number of nitrogens with zero attached hydrogens (tertiary/aromatic N) is 6. The van der Waals surface area contributed by atoms with Gasteiger partial charge in [0.25, 0.3) is 11.8 Å². The molecule has 2 aromatic heterocycles. The first kappa shape index (κ1) is 19.8. The number of aromatic nitrogens is 5. The maximum absolute atomic E-state index is 13.0. The van der Waals surface area contributed by atoms with E-state index in [1.165, 1.54) is 0 Å². The van der Waals surface area contributed by atoms with Crippen molar-refractivity contribution in [2.24, 2.45) is 7.05 Å². The molecule has 0 radical (unpaired) electrons. The van der Waals surface area contributed by atoms with E-state index in [-0.39, 0.29) is 23.6 Å². The number of benzene rings is 1. The van der Waals surface area contributed by atoms with Gasteiger partial charge in [0.05, 0.1) is 30.0 Å². The average molecular weight is 407 g/mol. The minimum Gasteiger partial charge on any atom is -0.347 e. The maximum Gasteiger partial charge on any atom is 0.273 e. The Bertz CT molecular complexity index is 1040. The van der Waals surface area contributed by atoms with Crippen molar-refractivity contribution < 1.29 is 9.59 Å². The lowest BCUT2D eigenvalue weighted by atomic mass is 10.2. The van der Waals surface area contributed by atoms with E-state index in [1.807, 2.05) is 49.2 Å². The molecule has 9 nitrogen and oxygen atoms in total. The van der Waals surface area contributed by atoms with Gasteiger partial charge in [0.2, 0.25) is 0 Å². The second kappa shape index (κ2) is 8.48. The molecule has 0 bridgehead atoms. The summed E-state index contributed by atoms with van der Waals surface area (Å²) in [5.41, 5.74) is 2.64. The first-order valence-electron chi connectivity index (χ1n) is 10.0. The Balaban J connectivity index is 1.38. The maximum atomic E-state index is 13.0. The number of likely N-dealkylation sites (tertiary alicyclic amines) is 1. The predicted molar refractivity (Wildman–Crippen MR) is 110 cm³/mol. The third kappa shape index (κ3) is 4.24. The fraction of sp³-hybridized carbons (Fsp3) is 0.381. The SMILES string of the molecule is Cc1nn(C)cc1C(=O)N1CCC[C@H]1Cn1cc(C(=O)NCc2ccccc2)nn1. The standard InChI is InChI=1S/C21H25N7O2/c1-15-18(13-26(2)24-15)21(30)28-10-6-9-17(28)12-27-14-19(23-25-27)20(29)22-11-16-7-4-3-5-8-16/h3-5,7-8,13-14,17H,6,9-12H2,1-2H3,(H,22,29)/t17-/m0/s1. The van der Waals surface area contributed by atoms with Gasteiger partial charge in [-0.15, -0.1) is 5.10 Å². The van der Waals surface area contributed by atoms with Crippen LogP contribution in [0.15, 0.2) is 42.7 Å². The molecule has 2 amide bonds. The van der Waals surface area contributed by atoms with Crippen LogP contribution in [0.5, 0.6) is 0 Å². The Hall–Kier alpha value is -3.49. The second-order valence-electron chi connectivity index (χ2n) is 7.59. The van der Waals surface area contributed by atoms with E-state index in [0.717, 1.165) is 24.1 Å². The molecule has 1 aliphatic heterocycles. The van der Waals surface area contributed by atoms with E-state index < -0.39 is 0 Å². The zero-order valence-corrected chi connectivity index (χ0v) is 17.2. The Morgan fingerprint density at radius 2 is 2.00 bits per heavy atom. The molecule has 0 unspecified atom stereocenters. The molecule has 1 aliphatic rings. The van der Waals surface area contributed by atoms with Crippen molar-refractivity contribution in [2.75, 3.05) is 6.54 Å². The van der Waals surface area contributed by atoms with E-state index in [1.54, 1.807) is 21.8 Å². The van der Waals surface area contributed by atoms with Gasteiger partial charge >= 0.3 is 0 Å². The van der Waals surface area contributed by atoms with Gasteiger partial charge in [-0.3, -0.25) is 14.3 Å². The Kier molecular flexibility index (Phi) is 5.60. The number of aryl methyl sites for hydroxylation is 2. The number of amides is 2. The second-order valence-corrected chi connectivity index (χ2v) is 7.59. The number of rotatable bonds is 6. The van der Waals surface area contributed by atoms with E-state index in [2.05, 4.69) is 20.7 Å². The van der Waals surface area contributed by atoms with Gasteiger partial charge < -0.3 is 10.2 Å². The van der Waals surface area contributed by atoms with E-state index >= 15 is 0 Å². The lowest BCUT2D eigenvalue weighted by molar-refractivity contribution is 0.0720. The lowest BCUT2D eigenvalue weighted by Gasteiger charge is -2.24. The summed E-state index contributed by atoms with van der Waals surface area (Å²) >= 11 is 0. The van der Waals surface area contributed by atoms with Crippen molar-refractivity contribution in [3.8, 4) is 0 Å². The molecule has 3 heterocycles. The molecule has 30 heavy (non-hydrogen) atoms. The zero-order chi connectivity index (χ0) is 21.1. The molecule has 3 aromatic rings. The summed E-state index contributed by atoms with van der Waals surface area (Å²) in [5, 5.41) is 15.2. The summed E-state index contributed by atoms with van der Waals surface area (Å²) in [6, 6.07) is 9.71. The Morgan fingerprint density at radius 3 is 2.73 bits per heavy atom. The number of nitrogens with one attached hydrogen (secondary N) is 1. The third-order valence-electron chi connectivity index (χ3n) is 5.35. The molecule has 1 saturated heterocycles. The smallest absolute Gasteiger partial charge is 0.273 e. The van der Waals surface area contributed by atoms with E-state index in [4.69, 9.17) is 0 Å². The molecule has 1 aromatic carbocycles. The molecule has 1 fully saturated rings. The van der Waals surface area contributed by atoms with Crippen LogP contribution in [0.25, 0.3) is 0 Å². The first-order chi connectivity index (χ1) is 14.5. The molecule has 9 heteroatoms. The molecule has 0 aliphatic carbocycles. The van der Waals surface area contributed by atoms with Gasteiger partial charge in [0.15, 0.2) is 5.69 Å². The molecule has 0 saturated carbocycles. The molecule has 0 spiro atoms. The van der Waals surface area contributed by atoms with Gasteiger partial charge in [-0.1, -0.05) is 35.5 Å². The van der Waals surface area contributed by atoms with Gasteiger partial charge in [-0.25, -0.2) is 4.68 Å². The van der Waals surface area contributed by atoms with Crippen LogP contribution in [0.1, 0.15) is 44.9 Å².